The lowest BCUT2D eigenvalue weighted by Gasteiger charge is -2.22. The highest BCUT2D eigenvalue weighted by Crippen LogP contribution is 2.31. The van der Waals surface area contributed by atoms with Crippen LogP contribution in [0.25, 0.3) is 22.2 Å². The molecular weight excluding hydrogens is 390 g/mol. The van der Waals surface area contributed by atoms with Crippen LogP contribution in [0.1, 0.15) is 12.5 Å². The maximum Gasteiger partial charge on any atom is 0.243 e. The number of likely N-dealkylation sites (N-methyl/N-ethyl adjacent to an activating group) is 1. The second-order valence-corrected chi connectivity index (χ2v) is 7.86. The molecule has 0 fully saturated rings. The zero-order valence-corrected chi connectivity index (χ0v) is 18.6. The van der Waals surface area contributed by atoms with E-state index in [2.05, 4.69) is 51.2 Å². The Morgan fingerprint density at radius 3 is 2.61 bits per heavy atom. The van der Waals surface area contributed by atoms with Crippen LogP contribution in [0.2, 0.25) is 0 Å². The number of rotatable bonds is 6. The average molecular weight is 418 g/mol. The summed E-state index contributed by atoms with van der Waals surface area (Å²) in [6.45, 7) is 2.38. The van der Waals surface area contributed by atoms with Gasteiger partial charge in [-0.1, -0.05) is 13.0 Å². The number of pyridine rings is 1. The average Bonchev–Trinajstić information content (AvgIpc) is 3.39. The maximum absolute atomic E-state index is 11.9. The van der Waals surface area contributed by atoms with Crippen LogP contribution in [0.3, 0.4) is 0 Å². The molecule has 0 saturated heterocycles. The minimum Gasteiger partial charge on any atom is -0.347 e. The number of nitrogens with zero attached hydrogens (tertiary/aromatic N) is 7. The molecule has 3 aromatic heterocycles. The molecular formula is C23H27N7O. The van der Waals surface area contributed by atoms with Gasteiger partial charge in [0.1, 0.15) is 17.9 Å². The first-order valence-corrected chi connectivity index (χ1v) is 10.2. The SMILES string of the molecule is CCc1cc(-c2cnn(CC(=O)N(C)C)c2)ccc1N(C)c1cc2c(cn1)ncn2C. The predicted molar refractivity (Wildman–Crippen MR) is 122 cm³/mol. The molecule has 0 aliphatic carbocycles. The molecule has 0 N–H and O–H groups in total. The van der Waals surface area contributed by atoms with E-state index in [9.17, 15) is 4.79 Å². The predicted octanol–water partition coefficient (Wildman–Crippen LogP) is 3.25. The van der Waals surface area contributed by atoms with E-state index in [-0.39, 0.29) is 12.5 Å². The number of amides is 1. The number of carbonyl (C=O) groups is 1. The van der Waals surface area contributed by atoms with Crippen molar-refractivity contribution in [1.82, 2.24) is 29.2 Å². The number of benzene rings is 1. The summed E-state index contributed by atoms with van der Waals surface area (Å²) in [4.78, 5) is 24.6. The van der Waals surface area contributed by atoms with Crippen LogP contribution < -0.4 is 4.90 Å². The molecule has 1 aromatic carbocycles. The molecule has 0 bridgehead atoms. The second kappa shape index (κ2) is 8.22. The van der Waals surface area contributed by atoms with Crippen LogP contribution in [-0.2, 0) is 24.8 Å². The Bertz CT molecular complexity index is 1240. The van der Waals surface area contributed by atoms with Crippen molar-refractivity contribution >= 4 is 28.4 Å². The van der Waals surface area contributed by atoms with Crippen molar-refractivity contribution in [2.24, 2.45) is 7.05 Å². The minimum atomic E-state index is 0.0127. The van der Waals surface area contributed by atoms with E-state index in [1.165, 1.54) is 5.56 Å². The molecule has 1 amide bonds. The van der Waals surface area contributed by atoms with Gasteiger partial charge in [-0.15, -0.1) is 0 Å². The first kappa shape index (κ1) is 20.6. The zero-order valence-electron chi connectivity index (χ0n) is 18.6. The highest BCUT2D eigenvalue weighted by molar-refractivity contribution is 5.80. The Morgan fingerprint density at radius 1 is 1.06 bits per heavy atom. The fourth-order valence-electron chi connectivity index (χ4n) is 3.58. The molecule has 160 valence electrons. The number of carbonyl (C=O) groups excluding carboxylic acids is 1. The van der Waals surface area contributed by atoms with Crippen molar-refractivity contribution in [1.29, 1.82) is 0 Å². The molecule has 0 unspecified atom stereocenters. The molecule has 4 rings (SSSR count). The molecule has 31 heavy (non-hydrogen) atoms. The number of hydrogen-bond acceptors (Lipinski definition) is 5. The van der Waals surface area contributed by atoms with E-state index in [1.54, 1.807) is 36.2 Å². The summed E-state index contributed by atoms with van der Waals surface area (Å²) < 4.78 is 3.67. The standard InChI is InChI=1S/C23H27N7O/c1-6-16-9-17(18-11-26-30(13-18)14-23(31)27(2)3)7-8-20(16)29(5)22-10-21-19(12-24-22)25-15-28(21)4/h7-13,15H,6,14H2,1-5H3. The van der Waals surface area contributed by atoms with E-state index in [1.807, 2.05) is 31.1 Å². The van der Waals surface area contributed by atoms with Gasteiger partial charge in [-0.3, -0.25) is 9.48 Å². The van der Waals surface area contributed by atoms with Gasteiger partial charge in [-0.05, 0) is 29.7 Å². The van der Waals surface area contributed by atoms with Crippen LogP contribution in [0.4, 0.5) is 11.5 Å². The summed E-state index contributed by atoms with van der Waals surface area (Å²) in [7, 11) is 7.51. The van der Waals surface area contributed by atoms with E-state index in [4.69, 9.17) is 0 Å². The molecule has 0 aliphatic heterocycles. The Balaban J connectivity index is 1.62. The number of anilines is 2. The lowest BCUT2D eigenvalue weighted by molar-refractivity contribution is -0.129. The van der Waals surface area contributed by atoms with Crippen molar-refractivity contribution < 1.29 is 4.79 Å². The van der Waals surface area contributed by atoms with Gasteiger partial charge in [0, 0.05) is 51.7 Å². The molecule has 0 radical (unpaired) electrons. The third-order valence-corrected chi connectivity index (χ3v) is 5.53. The van der Waals surface area contributed by atoms with E-state index < -0.39 is 0 Å². The summed E-state index contributed by atoms with van der Waals surface area (Å²) >= 11 is 0. The topological polar surface area (TPSA) is 72.1 Å². The molecule has 0 atom stereocenters. The Labute approximate surface area is 181 Å². The second-order valence-electron chi connectivity index (χ2n) is 7.86. The monoisotopic (exact) mass is 417 g/mol. The summed E-state index contributed by atoms with van der Waals surface area (Å²) in [5, 5.41) is 4.35. The Kier molecular flexibility index (Phi) is 5.46. The number of aromatic nitrogens is 5. The summed E-state index contributed by atoms with van der Waals surface area (Å²) in [6.07, 6.45) is 8.21. The molecule has 0 aliphatic rings. The molecule has 4 aromatic rings. The van der Waals surface area contributed by atoms with E-state index in [0.29, 0.717) is 0 Å². The van der Waals surface area contributed by atoms with Gasteiger partial charge < -0.3 is 14.4 Å². The van der Waals surface area contributed by atoms with Crippen molar-refractivity contribution in [2.75, 3.05) is 26.0 Å². The number of aryl methyl sites for hydroxylation is 2. The normalized spacial score (nSPS) is 11.1. The van der Waals surface area contributed by atoms with Gasteiger partial charge >= 0.3 is 0 Å². The van der Waals surface area contributed by atoms with E-state index in [0.717, 1.165) is 40.1 Å². The first-order valence-electron chi connectivity index (χ1n) is 10.2. The molecule has 8 heteroatoms. The number of imidazole rings is 1. The third kappa shape index (κ3) is 4.01. The van der Waals surface area contributed by atoms with Crippen molar-refractivity contribution in [3.63, 3.8) is 0 Å². The fraction of sp³-hybridized carbons (Fsp3) is 0.304. The molecule has 0 saturated carbocycles. The minimum absolute atomic E-state index is 0.0127. The van der Waals surface area contributed by atoms with Gasteiger partial charge in [-0.2, -0.15) is 5.10 Å². The van der Waals surface area contributed by atoms with E-state index >= 15 is 0 Å². The first-order chi connectivity index (χ1) is 14.9. The quantitative estimate of drug-likeness (QED) is 0.482. The van der Waals surface area contributed by atoms with Gasteiger partial charge in [-0.25, -0.2) is 9.97 Å². The molecule has 0 spiro atoms. The Hall–Kier alpha value is -3.68. The summed E-state index contributed by atoms with van der Waals surface area (Å²) in [5.74, 6) is 0.882. The van der Waals surface area contributed by atoms with Gasteiger partial charge in [0.2, 0.25) is 5.91 Å². The highest BCUT2D eigenvalue weighted by atomic mass is 16.2. The lowest BCUT2D eigenvalue weighted by atomic mass is 10.0. The number of hydrogen-bond donors (Lipinski definition) is 0. The van der Waals surface area contributed by atoms with Gasteiger partial charge in [0.05, 0.1) is 24.2 Å². The molecule has 3 heterocycles. The van der Waals surface area contributed by atoms with Gasteiger partial charge in [0.15, 0.2) is 0 Å². The van der Waals surface area contributed by atoms with Crippen LogP contribution in [0, 0.1) is 0 Å². The lowest BCUT2D eigenvalue weighted by Crippen LogP contribution is -2.26. The third-order valence-electron chi connectivity index (χ3n) is 5.53. The van der Waals surface area contributed by atoms with Gasteiger partial charge in [0.25, 0.3) is 0 Å². The van der Waals surface area contributed by atoms with Crippen LogP contribution in [0.5, 0.6) is 0 Å². The van der Waals surface area contributed by atoms with Crippen molar-refractivity contribution in [3.05, 3.63) is 54.7 Å². The smallest absolute Gasteiger partial charge is 0.243 e. The number of fused-ring (bicyclic) bond motifs is 1. The largest absolute Gasteiger partial charge is 0.347 e. The summed E-state index contributed by atoms with van der Waals surface area (Å²) in [6, 6.07) is 8.44. The molecule has 8 nitrogen and oxygen atoms in total. The van der Waals surface area contributed by atoms with Crippen molar-refractivity contribution in [3.8, 4) is 11.1 Å². The van der Waals surface area contributed by atoms with Crippen LogP contribution in [0.15, 0.2) is 49.2 Å². The van der Waals surface area contributed by atoms with Crippen LogP contribution in [-0.4, -0.2) is 56.3 Å². The zero-order chi connectivity index (χ0) is 22.1. The van der Waals surface area contributed by atoms with Crippen molar-refractivity contribution in [2.45, 2.75) is 19.9 Å². The summed E-state index contributed by atoms with van der Waals surface area (Å²) in [5.41, 5.74) is 6.32. The maximum atomic E-state index is 11.9. The highest BCUT2D eigenvalue weighted by Gasteiger charge is 2.14. The van der Waals surface area contributed by atoms with Crippen LogP contribution >= 0.6 is 0 Å². The Morgan fingerprint density at radius 2 is 1.87 bits per heavy atom. The fourth-order valence-corrected chi connectivity index (χ4v) is 3.58.